The van der Waals surface area contributed by atoms with Gasteiger partial charge in [0.1, 0.15) is 0 Å². The highest BCUT2D eigenvalue weighted by molar-refractivity contribution is 5.87. The first-order valence-corrected chi connectivity index (χ1v) is 8.09. The van der Waals surface area contributed by atoms with E-state index in [2.05, 4.69) is 27.0 Å². The van der Waals surface area contributed by atoms with Crippen molar-refractivity contribution in [2.75, 3.05) is 6.61 Å². The van der Waals surface area contributed by atoms with Gasteiger partial charge < -0.3 is 9.84 Å². The van der Waals surface area contributed by atoms with Gasteiger partial charge in [-0.3, -0.25) is 0 Å². The van der Waals surface area contributed by atoms with Crippen molar-refractivity contribution in [3.8, 4) is 0 Å². The summed E-state index contributed by atoms with van der Waals surface area (Å²) in [6, 6.07) is 0. The van der Waals surface area contributed by atoms with Crippen LogP contribution in [-0.2, 0) is 14.3 Å². The van der Waals surface area contributed by atoms with Crippen molar-refractivity contribution in [3.05, 3.63) is 24.3 Å². The lowest BCUT2D eigenvalue weighted by Gasteiger charge is -2.14. The zero-order valence-corrected chi connectivity index (χ0v) is 14.6. The Hall–Kier alpha value is -1.58. The van der Waals surface area contributed by atoms with Gasteiger partial charge in [-0.05, 0) is 25.2 Å². The Morgan fingerprint density at radius 3 is 1.91 bits per heavy atom. The van der Waals surface area contributed by atoms with E-state index in [1.54, 1.807) is 6.92 Å². The Morgan fingerprint density at radius 1 is 1.05 bits per heavy atom. The number of aliphatic carboxylic acids is 1. The van der Waals surface area contributed by atoms with Gasteiger partial charge in [-0.25, -0.2) is 9.59 Å². The summed E-state index contributed by atoms with van der Waals surface area (Å²) in [7, 11) is 0. The zero-order valence-electron chi connectivity index (χ0n) is 14.6. The standard InChI is InChI=1S/C13H24O2.C5H8O2/c1-5-8-9-12(7-3)10-15-13(14)11(4)6-2;1-3-4(2)5(6)7/h12H,4-10H2,1-3H3;2-3H2,1H3,(H,6,7). The summed E-state index contributed by atoms with van der Waals surface area (Å²) in [4.78, 5) is 21.2. The van der Waals surface area contributed by atoms with Crippen molar-refractivity contribution < 1.29 is 19.4 Å². The lowest BCUT2D eigenvalue weighted by Crippen LogP contribution is -2.14. The van der Waals surface area contributed by atoms with E-state index >= 15 is 0 Å². The van der Waals surface area contributed by atoms with Gasteiger partial charge in [0.2, 0.25) is 0 Å². The minimum atomic E-state index is -0.900. The fraction of sp³-hybridized carbons (Fsp3) is 0.667. The predicted octanol–water partition coefficient (Wildman–Crippen LogP) is 4.75. The van der Waals surface area contributed by atoms with Gasteiger partial charge in [-0.1, -0.05) is 60.1 Å². The molecule has 0 saturated carbocycles. The monoisotopic (exact) mass is 312 g/mol. The number of ether oxygens (including phenoxy) is 1. The van der Waals surface area contributed by atoms with Crippen LogP contribution in [0.25, 0.3) is 0 Å². The maximum absolute atomic E-state index is 11.3. The van der Waals surface area contributed by atoms with Crippen LogP contribution in [0.4, 0.5) is 0 Å². The zero-order chi connectivity index (χ0) is 17.5. The van der Waals surface area contributed by atoms with Crippen LogP contribution in [0.5, 0.6) is 0 Å². The second-order valence-electron chi connectivity index (χ2n) is 5.23. The third-order valence-corrected chi connectivity index (χ3v) is 3.44. The Bertz CT molecular complexity index is 358. The van der Waals surface area contributed by atoms with E-state index < -0.39 is 5.97 Å². The van der Waals surface area contributed by atoms with E-state index in [0.29, 0.717) is 30.9 Å². The molecule has 0 saturated heterocycles. The third kappa shape index (κ3) is 12.2. The van der Waals surface area contributed by atoms with Crippen LogP contribution < -0.4 is 0 Å². The van der Waals surface area contributed by atoms with Crippen LogP contribution in [0, 0.1) is 5.92 Å². The van der Waals surface area contributed by atoms with Crippen LogP contribution in [0.3, 0.4) is 0 Å². The molecule has 0 aromatic carbocycles. The van der Waals surface area contributed by atoms with Crippen molar-refractivity contribution >= 4 is 11.9 Å². The minimum absolute atomic E-state index is 0.229. The van der Waals surface area contributed by atoms with Gasteiger partial charge in [-0.2, -0.15) is 0 Å². The van der Waals surface area contributed by atoms with E-state index in [4.69, 9.17) is 9.84 Å². The number of hydrogen-bond acceptors (Lipinski definition) is 3. The Labute approximate surface area is 135 Å². The fourth-order valence-electron chi connectivity index (χ4n) is 1.49. The maximum Gasteiger partial charge on any atom is 0.333 e. The molecule has 0 aliphatic rings. The molecular formula is C18H32O4. The van der Waals surface area contributed by atoms with Crippen molar-refractivity contribution in [2.45, 2.75) is 66.2 Å². The van der Waals surface area contributed by atoms with Crippen molar-refractivity contribution in [3.63, 3.8) is 0 Å². The van der Waals surface area contributed by atoms with Gasteiger partial charge in [0, 0.05) is 11.1 Å². The normalized spacial score (nSPS) is 10.9. The molecule has 1 N–H and O–H groups in total. The van der Waals surface area contributed by atoms with E-state index in [1.807, 2.05) is 6.92 Å². The first-order valence-electron chi connectivity index (χ1n) is 8.09. The highest BCUT2D eigenvalue weighted by Crippen LogP contribution is 2.13. The summed E-state index contributed by atoms with van der Waals surface area (Å²) in [6.45, 7) is 15.5. The second-order valence-corrected chi connectivity index (χ2v) is 5.23. The molecular weight excluding hydrogens is 280 g/mol. The largest absolute Gasteiger partial charge is 0.478 e. The summed E-state index contributed by atoms with van der Waals surface area (Å²) < 4.78 is 5.21. The second kappa shape index (κ2) is 14.4. The van der Waals surface area contributed by atoms with Gasteiger partial charge >= 0.3 is 11.9 Å². The molecule has 0 heterocycles. The van der Waals surface area contributed by atoms with Crippen molar-refractivity contribution in [1.29, 1.82) is 0 Å². The third-order valence-electron chi connectivity index (χ3n) is 3.44. The molecule has 0 rings (SSSR count). The average molecular weight is 312 g/mol. The lowest BCUT2D eigenvalue weighted by molar-refractivity contribution is -0.140. The molecule has 0 spiro atoms. The Kier molecular flexibility index (Phi) is 14.8. The van der Waals surface area contributed by atoms with Gasteiger partial charge in [0.25, 0.3) is 0 Å². The number of rotatable bonds is 10. The Balaban J connectivity index is 0. The fourth-order valence-corrected chi connectivity index (χ4v) is 1.49. The summed E-state index contributed by atoms with van der Waals surface area (Å²) >= 11 is 0. The summed E-state index contributed by atoms with van der Waals surface area (Å²) in [5.74, 6) is -0.617. The molecule has 0 radical (unpaired) electrons. The molecule has 0 aliphatic carbocycles. The average Bonchev–Trinajstić information content (AvgIpc) is 2.53. The molecule has 0 amide bonds. The SMILES string of the molecule is C=C(CC)C(=O)O.C=C(CC)C(=O)OCC(CC)CCCC. The van der Waals surface area contributed by atoms with Crippen molar-refractivity contribution in [2.24, 2.45) is 5.92 Å². The van der Waals surface area contributed by atoms with E-state index in [0.717, 1.165) is 12.8 Å². The van der Waals surface area contributed by atoms with Crippen LogP contribution in [0.2, 0.25) is 0 Å². The molecule has 0 aromatic rings. The maximum atomic E-state index is 11.3. The highest BCUT2D eigenvalue weighted by atomic mass is 16.5. The van der Waals surface area contributed by atoms with Crippen LogP contribution in [-0.4, -0.2) is 23.7 Å². The Morgan fingerprint density at radius 2 is 1.59 bits per heavy atom. The molecule has 4 heteroatoms. The molecule has 22 heavy (non-hydrogen) atoms. The molecule has 128 valence electrons. The minimum Gasteiger partial charge on any atom is -0.478 e. The number of hydrogen-bond donors (Lipinski definition) is 1. The number of unbranched alkanes of at least 4 members (excludes halogenated alkanes) is 1. The van der Waals surface area contributed by atoms with Crippen molar-refractivity contribution in [1.82, 2.24) is 0 Å². The summed E-state index contributed by atoms with van der Waals surface area (Å²) in [5, 5.41) is 8.08. The van der Waals surface area contributed by atoms with Crippen LogP contribution in [0.15, 0.2) is 24.3 Å². The summed E-state index contributed by atoms with van der Waals surface area (Å²) in [6.07, 6.45) is 5.83. The van der Waals surface area contributed by atoms with Gasteiger partial charge in [-0.15, -0.1) is 0 Å². The topological polar surface area (TPSA) is 63.6 Å². The number of esters is 1. The summed E-state index contributed by atoms with van der Waals surface area (Å²) in [5.41, 5.74) is 0.834. The quantitative estimate of drug-likeness (QED) is 0.467. The smallest absolute Gasteiger partial charge is 0.333 e. The predicted molar refractivity (Wildman–Crippen MR) is 90.8 cm³/mol. The molecule has 0 bridgehead atoms. The van der Waals surface area contributed by atoms with Crippen LogP contribution in [0.1, 0.15) is 66.2 Å². The molecule has 4 nitrogen and oxygen atoms in total. The van der Waals surface area contributed by atoms with Crippen LogP contribution >= 0.6 is 0 Å². The number of carbonyl (C=O) groups excluding carboxylic acids is 1. The molecule has 0 aliphatic heterocycles. The van der Waals surface area contributed by atoms with E-state index in [9.17, 15) is 9.59 Å². The van der Waals surface area contributed by atoms with Gasteiger partial charge in [0.15, 0.2) is 0 Å². The molecule has 0 aromatic heterocycles. The number of carboxylic acid groups (broad SMARTS) is 1. The van der Waals surface area contributed by atoms with Gasteiger partial charge in [0.05, 0.1) is 6.61 Å². The first-order chi connectivity index (χ1) is 10.3. The molecule has 1 unspecified atom stereocenters. The molecule has 1 atom stereocenters. The van der Waals surface area contributed by atoms with E-state index in [1.165, 1.54) is 12.8 Å². The lowest BCUT2D eigenvalue weighted by atomic mass is 10.0. The first kappa shape index (κ1) is 22.7. The number of carbonyl (C=O) groups is 2. The highest BCUT2D eigenvalue weighted by Gasteiger charge is 2.11. The molecule has 0 fully saturated rings. The van der Waals surface area contributed by atoms with E-state index in [-0.39, 0.29) is 11.5 Å². The number of carboxylic acids is 1.